The van der Waals surface area contributed by atoms with Crippen molar-refractivity contribution in [2.75, 3.05) is 0 Å². The zero-order chi connectivity index (χ0) is 14.4. The minimum absolute atomic E-state index is 0.310. The van der Waals surface area contributed by atoms with Crippen LogP contribution in [0.25, 0.3) is 0 Å². The lowest BCUT2D eigenvalue weighted by Crippen LogP contribution is -2.29. The molecule has 0 aliphatic heterocycles. The molecule has 0 fully saturated rings. The second-order valence-electron chi connectivity index (χ2n) is 5.09. The second kappa shape index (κ2) is 6.04. The molecule has 2 unspecified atom stereocenters. The molecule has 0 spiro atoms. The highest BCUT2D eigenvalue weighted by Gasteiger charge is 2.37. The van der Waals surface area contributed by atoms with Crippen molar-refractivity contribution in [1.29, 1.82) is 10.5 Å². The Morgan fingerprint density at radius 2 is 1.50 bits per heavy atom. The SMILES string of the molecule is CC(CC#N)(c1ccccc1)C(C#N)c1ccccc1. The van der Waals surface area contributed by atoms with E-state index in [4.69, 9.17) is 0 Å². The minimum Gasteiger partial charge on any atom is -0.198 e. The Bertz CT molecular complexity index is 635. The first kappa shape index (κ1) is 13.8. The van der Waals surface area contributed by atoms with Gasteiger partial charge in [0.15, 0.2) is 0 Å². The Morgan fingerprint density at radius 3 is 2.00 bits per heavy atom. The Morgan fingerprint density at radius 1 is 0.950 bits per heavy atom. The zero-order valence-corrected chi connectivity index (χ0v) is 11.5. The average molecular weight is 260 g/mol. The van der Waals surface area contributed by atoms with Gasteiger partial charge in [-0.05, 0) is 11.1 Å². The monoisotopic (exact) mass is 260 g/mol. The maximum atomic E-state index is 9.64. The van der Waals surface area contributed by atoms with Gasteiger partial charge in [-0.25, -0.2) is 0 Å². The molecule has 20 heavy (non-hydrogen) atoms. The summed E-state index contributed by atoms with van der Waals surface area (Å²) < 4.78 is 0. The number of nitrogens with zero attached hydrogens (tertiary/aromatic N) is 2. The highest BCUT2D eigenvalue weighted by Crippen LogP contribution is 2.41. The minimum atomic E-state index is -0.508. The van der Waals surface area contributed by atoms with Crippen molar-refractivity contribution in [1.82, 2.24) is 0 Å². The summed E-state index contributed by atoms with van der Waals surface area (Å²) in [4.78, 5) is 0. The van der Waals surface area contributed by atoms with Crippen molar-refractivity contribution in [2.24, 2.45) is 0 Å². The molecular weight excluding hydrogens is 244 g/mol. The van der Waals surface area contributed by atoms with E-state index in [2.05, 4.69) is 12.1 Å². The van der Waals surface area contributed by atoms with Crippen molar-refractivity contribution in [3.63, 3.8) is 0 Å². The van der Waals surface area contributed by atoms with E-state index in [0.717, 1.165) is 11.1 Å². The highest BCUT2D eigenvalue weighted by atomic mass is 14.4. The maximum Gasteiger partial charge on any atom is 0.0816 e. The van der Waals surface area contributed by atoms with Gasteiger partial charge in [0.2, 0.25) is 0 Å². The number of hydrogen-bond donors (Lipinski definition) is 0. The number of benzene rings is 2. The van der Waals surface area contributed by atoms with E-state index in [1.807, 2.05) is 67.6 Å². The van der Waals surface area contributed by atoms with Crippen LogP contribution in [0, 0.1) is 22.7 Å². The largest absolute Gasteiger partial charge is 0.198 e. The predicted molar refractivity (Wildman–Crippen MR) is 78.8 cm³/mol. The summed E-state index contributed by atoms with van der Waals surface area (Å²) in [6.45, 7) is 1.99. The maximum absolute atomic E-state index is 9.64. The van der Waals surface area contributed by atoms with E-state index in [0.29, 0.717) is 6.42 Å². The molecule has 0 N–H and O–H groups in total. The van der Waals surface area contributed by atoms with Crippen LogP contribution in [0.3, 0.4) is 0 Å². The van der Waals surface area contributed by atoms with E-state index >= 15 is 0 Å². The van der Waals surface area contributed by atoms with Crippen LogP contribution in [0.2, 0.25) is 0 Å². The lowest BCUT2D eigenvalue weighted by Gasteiger charge is -2.32. The van der Waals surface area contributed by atoms with Gasteiger partial charge < -0.3 is 0 Å². The van der Waals surface area contributed by atoms with Gasteiger partial charge in [0.25, 0.3) is 0 Å². The van der Waals surface area contributed by atoms with Gasteiger partial charge in [-0.15, -0.1) is 0 Å². The summed E-state index contributed by atoms with van der Waals surface area (Å²) in [5.41, 5.74) is 1.47. The van der Waals surface area contributed by atoms with E-state index in [1.54, 1.807) is 0 Å². The Balaban J connectivity index is 2.53. The van der Waals surface area contributed by atoms with Crippen LogP contribution in [-0.4, -0.2) is 0 Å². The molecule has 2 heteroatoms. The first-order valence-electron chi connectivity index (χ1n) is 6.59. The van der Waals surface area contributed by atoms with Gasteiger partial charge in [0, 0.05) is 11.8 Å². The number of rotatable bonds is 4. The third-order valence-electron chi connectivity index (χ3n) is 3.78. The fourth-order valence-corrected chi connectivity index (χ4v) is 2.58. The third-order valence-corrected chi connectivity index (χ3v) is 3.78. The lowest BCUT2D eigenvalue weighted by molar-refractivity contribution is 0.439. The Kier molecular flexibility index (Phi) is 4.18. The molecule has 0 aliphatic rings. The van der Waals surface area contributed by atoms with Crippen LogP contribution in [-0.2, 0) is 5.41 Å². The van der Waals surface area contributed by atoms with Crippen LogP contribution in [0.5, 0.6) is 0 Å². The summed E-state index contributed by atoms with van der Waals surface area (Å²) in [5, 5.41) is 18.8. The summed E-state index contributed by atoms with van der Waals surface area (Å²) in [7, 11) is 0. The molecule has 2 atom stereocenters. The van der Waals surface area contributed by atoms with Crippen molar-refractivity contribution < 1.29 is 0 Å². The van der Waals surface area contributed by atoms with Crippen molar-refractivity contribution >= 4 is 0 Å². The van der Waals surface area contributed by atoms with Crippen molar-refractivity contribution in [3.05, 3.63) is 71.8 Å². The van der Waals surface area contributed by atoms with Gasteiger partial charge in [-0.2, -0.15) is 10.5 Å². The molecule has 0 aromatic heterocycles. The number of nitriles is 2. The lowest BCUT2D eigenvalue weighted by atomic mass is 9.68. The standard InChI is InChI=1S/C18H16N2/c1-18(12-13-19,16-10-6-3-7-11-16)17(14-20)15-8-4-2-5-9-15/h2-11,17H,12H2,1H3. The second-order valence-corrected chi connectivity index (χ2v) is 5.09. The van der Waals surface area contributed by atoms with Gasteiger partial charge in [0.05, 0.1) is 18.1 Å². The summed E-state index contributed by atoms with van der Waals surface area (Å²) in [6, 6.07) is 24.1. The van der Waals surface area contributed by atoms with Crippen molar-refractivity contribution in [2.45, 2.75) is 24.7 Å². The molecule has 0 amide bonds. The normalized spacial score (nSPS) is 14.6. The van der Waals surface area contributed by atoms with Gasteiger partial charge >= 0.3 is 0 Å². The smallest absolute Gasteiger partial charge is 0.0816 e. The van der Waals surface area contributed by atoms with Crippen LogP contribution in [0.15, 0.2) is 60.7 Å². The molecule has 0 aliphatic carbocycles. The number of hydrogen-bond acceptors (Lipinski definition) is 2. The Hall–Kier alpha value is -2.58. The van der Waals surface area contributed by atoms with Gasteiger partial charge in [-0.3, -0.25) is 0 Å². The summed E-state index contributed by atoms with van der Waals surface area (Å²) in [6.07, 6.45) is 0.310. The van der Waals surface area contributed by atoms with E-state index in [9.17, 15) is 10.5 Å². The zero-order valence-electron chi connectivity index (χ0n) is 11.5. The molecule has 0 saturated carbocycles. The third kappa shape index (κ3) is 2.56. The van der Waals surface area contributed by atoms with E-state index < -0.39 is 5.41 Å². The molecule has 0 radical (unpaired) electrons. The Labute approximate surface area is 119 Å². The van der Waals surface area contributed by atoms with Crippen molar-refractivity contribution in [3.8, 4) is 12.1 Å². The molecule has 2 nitrogen and oxygen atoms in total. The molecule has 0 heterocycles. The summed E-state index contributed by atoms with van der Waals surface area (Å²) >= 11 is 0. The quantitative estimate of drug-likeness (QED) is 0.828. The average Bonchev–Trinajstić information content (AvgIpc) is 2.50. The van der Waals surface area contributed by atoms with Crippen LogP contribution in [0.4, 0.5) is 0 Å². The fourth-order valence-electron chi connectivity index (χ4n) is 2.58. The van der Waals surface area contributed by atoms with Gasteiger partial charge in [-0.1, -0.05) is 67.6 Å². The van der Waals surface area contributed by atoms with Gasteiger partial charge in [0.1, 0.15) is 0 Å². The topological polar surface area (TPSA) is 47.6 Å². The van der Waals surface area contributed by atoms with E-state index in [-0.39, 0.29) is 5.92 Å². The molecule has 0 bridgehead atoms. The molecule has 98 valence electrons. The van der Waals surface area contributed by atoms with Crippen LogP contribution in [0.1, 0.15) is 30.4 Å². The van der Waals surface area contributed by atoms with Crippen LogP contribution < -0.4 is 0 Å². The van der Waals surface area contributed by atoms with Crippen LogP contribution >= 0.6 is 0 Å². The molecular formula is C18H16N2. The molecule has 2 aromatic rings. The first-order chi connectivity index (χ1) is 9.72. The van der Waals surface area contributed by atoms with E-state index in [1.165, 1.54) is 0 Å². The molecule has 2 rings (SSSR count). The fraction of sp³-hybridized carbons (Fsp3) is 0.222. The first-order valence-corrected chi connectivity index (χ1v) is 6.59. The molecule has 0 saturated heterocycles. The predicted octanol–water partition coefficient (Wildman–Crippen LogP) is 4.17. The summed E-state index contributed by atoms with van der Waals surface area (Å²) in [5.74, 6) is -0.342. The molecule has 2 aromatic carbocycles. The highest BCUT2D eigenvalue weighted by molar-refractivity contribution is 5.38.